The lowest BCUT2D eigenvalue weighted by atomic mass is 10.1. The SMILES string of the molecule is Cc1cc(C)nc(-n2nc(C)cc2NC(=O)CN(C)CCCc2cc(-c3ccccc3)no2)n1. The van der Waals surface area contributed by atoms with Crippen LogP contribution < -0.4 is 5.32 Å². The molecule has 1 aromatic carbocycles. The van der Waals surface area contributed by atoms with Crippen molar-refractivity contribution in [3.8, 4) is 17.2 Å². The van der Waals surface area contributed by atoms with E-state index in [0.29, 0.717) is 11.8 Å². The van der Waals surface area contributed by atoms with Crippen molar-refractivity contribution >= 4 is 11.7 Å². The third-order valence-electron chi connectivity index (χ3n) is 5.26. The van der Waals surface area contributed by atoms with Crippen molar-refractivity contribution in [3.63, 3.8) is 0 Å². The molecule has 3 aromatic heterocycles. The summed E-state index contributed by atoms with van der Waals surface area (Å²) in [6.07, 6.45) is 1.60. The smallest absolute Gasteiger partial charge is 0.252 e. The molecule has 0 fully saturated rings. The molecule has 9 nitrogen and oxygen atoms in total. The van der Waals surface area contributed by atoms with Crippen LogP contribution in [0.25, 0.3) is 17.2 Å². The number of carbonyl (C=O) groups excluding carboxylic acids is 1. The van der Waals surface area contributed by atoms with Crippen LogP contribution in [0.15, 0.2) is 53.1 Å². The van der Waals surface area contributed by atoms with E-state index in [1.165, 1.54) is 0 Å². The number of aryl methyl sites for hydroxylation is 4. The standard InChI is InChI=1S/C25H29N7O2/c1-17-13-18(2)27-25(26-17)32-23(14-19(3)29-32)28-24(33)16-31(4)12-8-11-21-15-22(30-34-21)20-9-6-5-7-10-20/h5-7,9-10,13-15H,8,11-12,16H2,1-4H3,(H,28,33). The molecule has 1 amide bonds. The van der Waals surface area contributed by atoms with Crippen LogP contribution in [-0.4, -0.2) is 55.8 Å². The minimum Gasteiger partial charge on any atom is -0.361 e. The fourth-order valence-corrected chi connectivity index (χ4v) is 3.75. The number of hydrogen-bond donors (Lipinski definition) is 1. The van der Waals surface area contributed by atoms with Crippen LogP contribution in [0.4, 0.5) is 5.82 Å². The van der Waals surface area contributed by atoms with Gasteiger partial charge in [-0.25, -0.2) is 9.97 Å². The molecular formula is C25H29N7O2. The number of nitrogens with zero attached hydrogens (tertiary/aromatic N) is 6. The van der Waals surface area contributed by atoms with Crippen molar-refractivity contribution in [1.29, 1.82) is 0 Å². The second-order valence-electron chi connectivity index (χ2n) is 8.47. The molecule has 4 rings (SSSR count). The molecular weight excluding hydrogens is 430 g/mol. The van der Waals surface area contributed by atoms with Gasteiger partial charge in [-0.1, -0.05) is 35.5 Å². The Kier molecular flexibility index (Phi) is 7.12. The number of carbonyl (C=O) groups is 1. The summed E-state index contributed by atoms with van der Waals surface area (Å²) in [4.78, 5) is 23.6. The fourth-order valence-electron chi connectivity index (χ4n) is 3.75. The Morgan fingerprint density at radius 1 is 1.03 bits per heavy atom. The van der Waals surface area contributed by atoms with Crippen LogP contribution in [0, 0.1) is 20.8 Å². The van der Waals surface area contributed by atoms with E-state index in [9.17, 15) is 4.79 Å². The Morgan fingerprint density at radius 3 is 2.50 bits per heavy atom. The highest BCUT2D eigenvalue weighted by Crippen LogP contribution is 2.19. The van der Waals surface area contributed by atoms with Gasteiger partial charge >= 0.3 is 0 Å². The Hall–Kier alpha value is -3.85. The molecule has 1 N–H and O–H groups in total. The molecule has 0 spiro atoms. The van der Waals surface area contributed by atoms with Crippen molar-refractivity contribution < 1.29 is 9.32 Å². The first-order valence-corrected chi connectivity index (χ1v) is 11.3. The van der Waals surface area contributed by atoms with Gasteiger partial charge in [-0.05, 0) is 46.9 Å². The van der Waals surface area contributed by atoms with Crippen LogP contribution in [0.1, 0.15) is 29.3 Å². The molecule has 0 aliphatic heterocycles. The number of benzene rings is 1. The highest BCUT2D eigenvalue weighted by molar-refractivity contribution is 5.91. The van der Waals surface area contributed by atoms with Crippen molar-refractivity contribution in [2.24, 2.45) is 0 Å². The number of aromatic nitrogens is 5. The monoisotopic (exact) mass is 459 g/mol. The molecule has 0 bridgehead atoms. The average Bonchev–Trinajstić information content (AvgIpc) is 3.40. The fraction of sp³-hybridized carbons (Fsp3) is 0.320. The van der Waals surface area contributed by atoms with Crippen molar-refractivity contribution in [2.75, 3.05) is 25.5 Å². The van der Waals surface area contributed by atoms with Gasteiger partial charge in [0.15, 0.2) is 0 Å². The molecule has 0 aliphatic rings. The molecule has 0 atom stereocenters. The van der Waals surface area contributed by atoms with E-state index in [2.05, 4.69) is 25.5 Å². The summed E-state index contributed by atoms with van der Waals surface area (Å²) in [7, 11) is 1.92. The Labute approximate surface area is 198 Å². The van der Waals surface area contributed by atoms with E-state index in [4.69, 9.17) is 4.52 Å². The zero-order valence-corrected chi connectivity index (χ0v) is 19.9. The summed E-state index contributed by atoms with van der Waals surface area (Å²) in [5, 5.41) is 11.5. The van der Waals surface area contributed by atoms with E-state index in [1.54, 1.807) is 4.68 Å². The summed E-state index contributed by atoms with van der Waals surface area (Å²) in [5.41, 5.74) is 4.33. The average molecular weight is 460 g/mol. The predicted molar refractivity (Wildman–Crippen MR) is 130 cm³/mol. The van der Waals surface area contributed by atoms with Crippen LogP contribution in [0.2, 0.25) is 0 Å². The first-order chi connectivity index (χ1) is 16.4. The molecule has 0 saturated carbocycles. The second kappa shape index (κ2) is 10.4. The minimum absolute atomic E-state index is 0.126. The molecule has 0 radical (unpaired) electrons. The summed E-state index contributed by atoms with van der Waals surface area (Å²) in [5.74, 6) is 1.70. The molecule has 0 unspecified atom stereocenters. The lowest BCUT2D eigenvalue weighted by Crippen LogP contribution is -2.31. The van der Waals surface area contributed by atoms with Gasteiger partial charge in [-0.2, -0.15) is 9.78 Å². The third kappa shape index (κ3) is 5.93. The number of anilines is 1. The zero-order chi connectivity index (χ0) is 24.1. The van der Waals surface area contributed by atoms with Gasteiger partial charge in [-0.3, -0.25) is 9.69 Å². The molecule has 34 heavy (non-hydrogen) atoms. The van der Waals surface area contributed by atoms with E-state index < -0.39 is 0 Å². The van der Waals surface area contributed by atoms with Gasteiger partial charge in [0.25, 0.3) is 5.95 Å². The van der Waals surface area contributed by atoms with Gasteiger partial charge in [-0.15, -0.1) is 0 Å². The minimum atomic E-state index is -0.126. The maximum absolute atomic E-state index is 12.7. The first kappa shape index (κ1) is 23.3. The third-order valence-corrected chi connectivity index (χ3v) is 5.26. The Morgan fingerprint density at radius 2 is 1.76 bits per heavy atom. The maximum Gasteiger partial charge on any atom is 0.252 e. The number of likely N-dealkylation sites (N-methyl/N-ethyl adjacent to an activating group) is 1. The number of hydrogen-bond acceptors (Lipinski definition) is 7. The molecule has 4 aromatic rings. The number of amides is 1. The molecule has 176 valence electrons. The van der Waals surface area contributed by atoms with Crippen LogP contribution >= 0.6 is 0 Å². The van der Waals surface area contributed by atoms with Gasteiger partial charge < -0.3 is 9.84 Å². The lowest BCUT2D eigenvalue weighted by molar-refractivity contribution is -0.117. The van der Waals surface area contributed by atoms with E-state index in [1.807, 2.05) is 81.2 Å². The molecule has 3 heterocycles. The summed E-state index contributed by atoms with van der Waals surface area (Å²) < 4.78 is 7.04. The second-order valence-corrected chi connectivity index (χ2v) is 8.47. The lowest BCUT2D eigenvalue weighted by Gasteiger charge is -2.16. The summed E-state index contributed by atoms with van der Waals surface area (Å²) in [6.45, 7) is 6.68. The van der Waals surface area contributed by atoms with Gasteiger partial charge in [0.05, 0.1) is 12.2 Å². The van der Waals surface area contributed by atoms with E-state index >= 15 is 0 Å². The van der Waals surface area contributed by atoms with E-state index in [0.717, 1.165) is 53.5 Å². The highest BCUT2D eigenvalue weighted by Gasteiger charge is 2.15. The van der Waals surface area contributed by atoms with Gasteiger partial charge in [0, 0.05) is 35.5 Å². The summed E-state index contributed by atoms with van der Waals surface area (Å²) >= 11 is 0. The van der Waals surface area contributed by atoms with Gasteiger partial charge in [0.2, 0.25) is 5.91 Å². The van der Waals surface area contributed by atoms with Crippen LogP contribution in [-0.2, 0) is 11.2 Å². The Bertz CT molecular complexity index is 1240. The van der Waals surface area contributed by atoms with Crippen molar-refractivity contribution in [2.45, 2.75) is 33.6 Å². The maximum atomic E-state index is 12.7. The topological polar surface area (TPSA) is 102 Å². The van der Waals surface area contributed by atoms with Crippen LogP contribution in [0.5, 0.6) is 0 Å². The number of nitrogens with one attached hydrogen (secondary N) is 1. The Balaban J connectivity index is 1.29. The first-order valence-electron chi connectivity index (χ1n) is 11.3. The largest absolute Gasteiger partial charge is 0.361 e. The quantitative estimate of drug-likeness (QED) is 0.407. The van der Waals surface area contributed by atoms with Crippen molar-refractivity contribution in [3.05, 3.63) is 71.4 Å². The molecule has 9 heteroatoms. The van der Waals surface area contributed by atoms with Gasteiger partial charge in [0.1, 0.15) is 17.3 Å². The van der Waals surface area contributed by atoms with Crippen LogP contribution in [0.3, 0.4) is 0 Å². The number of rotatable bonds is 9. The molecule has 0 aliphatic carbocycles. The zero-order valence-electron chi connectivity index (χ0n) is 19.9. The highest BCUT2D eigenvalue weighted by atomic mass is 16.5. The normalized spacial score (nSPS) is 11.2. The summed E-state index contributed by atoms with van der Waals surface area (Å²) in [6, 6.07) is 15.6. The van der Waals surface area contributed by atoms with Crippen molar-refractivity contribution in [1.82, 2.24) is 29.8 Å². The predicted octanol–water partition coefficient (Wildman–Crippen LogP) is 3.75. The van der Waals surface area contributed by atoms with E-state index in [-0.39, 0.29) is 12.5 Å². The molecule has 0 saturated heterocycles.